The number of alkyl carbamates (subject to hydrolysis) is 1. The second kappa shape index (κ2) is 10.1. The molecule has 2 aromatic carbocycles. The third kappa shape index (κ3) is 4.89. The molecule has 8 nitrogen and oxygen atoms in total. The maximum atomic E-state index is 13.2. The van der Waals surface area contributed by atoms with Crippen LogP contribution in [0.25, 0.3) is 11.1 Å². The lowest BCUT2D eigenvalue weighted by atomic mass is 9.93. The van der Waals surface area contributed by atoms with Gasteiger partial charge in [-0.15, -0.1) is 0 Å². The zero-order valence-electron chi connectivity index (χ0n) is 19.5. The SMILES string of the molecule is O=C(O)CCC(NC(=O)OCC1c2ccccc2-c2ccccc21)C(=O)N1CC[C@@H]2OCC[C@@H]2C1. The van der Waals surface area contributed by atoms with Gasteiger partial charge in [0.25, 0.3) is 0 Å². The topological polar surface area (TPSA) is 105 Å². The van der Waals surface area contributed by atoms with E-state index >= 15 is 0 Å². The average Bonchev–Trinajstić information content (AvgIpc) is 3.47. The van der Waals surface area contributed by atoms with Gasteiger partial charge in [0, 0.05) is 38.0 Å². The van der Waals surface area contributed by atoms with Crippen molar-refractivity contribution in [3.8, 4) is 11.1 Å². The van der Waals surface area contributed by atoms with Crippen LogP contribution >= 0.6 is 0 Å². The lowest BCUT2D eigenvalue weighted by Crippen LogP contribution is -2.53. The maximum Gasteiger partial charge on any atom is 0.407 e. The number of benzene rings is 2. The molecule has 0 saturated carbocycles. The van der Waals surface area contributed by atoms with Gasteiger partial charge in [-0.25, -0.2) is 4.79 Å². The molecule has 2 N–H and O–H groups in total. The summed E-state index contributed by atoms with van der Waals surface area (Å²) in [5, 5.41) is 11.8. The second-order valence-corrected chi connectivity index (χ2v) is 9.49. The molecular formula is C27H30N2O6. The first-order valence-electron chi connectivity index (χ1n) is 12.2. The number of aliphatic carboxylic acids is 1. The number of likely N-dealkylation sites (tertiary alicyclic amines) is 1. The van der Waals surface area contributed by atoms with Crippen LogP contribution < -0.4 is 5.32 Å². The van der Waals surface area contributed by atoms with E-state index < -0.39 is 18.1 Å². The van der Waals surface area contributed by atoms with Gasteiger partial charge >= 0.3 is 12.1 Å². The van der Waals surface area contributed by atoms with Crippen LogP contribution in [0.3, 0.4) is 0 Å². The minimum Gasteiger partial charge on any atom is -0.481 e. The smallest absolute Gasteiger partial charge is 0.407 e. The molecule has 3 atom stereocenters. The van der Waals surface area contributed by atoms with E-state index in [4.69, 9.17) is 14.6 Å². The fourth-order valence-corrected chi connectivity index (χ4v) is 5.61. The van der Waals surface area contributed by atoms with E-state index in [1.165, 1.54) is 0 Å². The number of carbonyl (C=O) groups is 3. The van der Waals surface area contributed by atoms with Crippen LogP contribution in [0.15, 0.2) is 48.5 Å². The first-order valence-corrected chi connectivity index (χ1v) is 12.2. The summed E-state index contributed by atoms with van der Waals surface area (Å²) in [6, 6.07) is 15.2. The van der Waals surface area contributed by atoms with Crippen molar-refractivity contribution in [1.29, 1.82) is 0 Å². The maximum absolute atomic E-state index is 13.2. The highest BCUT2D eigenvalue weighted by Crippen LogP contribution is 2.44. The highest BCUT2D eigenvalue weighted by atomic mass is 16.5. The number of nitrogens with one attached hydrogen (secondary N) is 1. The van der Waals surface area contributed by atoms with Gasteiger partial charge in [-0.1, -0.05) is 48.5 Å². The number of hydrogen-bond acceptors (Lipinski definition) is 5. The van der Waals surface area contributed by atoms with Crippen LogP contribution in [0.1, 0.15) is 42.7 Å². The van der Waals surface area contributed by atoms with Crippen molar-refractivity contribution in [2.24, 2.45) is 5.92 Å². The van der Waals surface area contributed by atoms with Gasteiger partial charge in [0.1, 0.15) is 12.6 Å². The third-order valence-electron chi connectivity index (χ3n) is 7.38. The normalized spacial score (nSPS) is 21.5. The fraction of sp³-hybridized carbons (Fsp3) is 0.444. The van der Waals surface area contributed by atoms with E-state index in [0.29, 0.717) is 25.6 Å². The van der Waals surface area contributed by atoms with Crippen molar-refractivity contribution in [1.82, 2.24) is 10.2 Å². The Hall–Kier alpha value is -3.39. The number of nitrogens with zero attached hydrogens (tertiary/aromatic N) is 1. The Labute approximate surface area is 204 Å². The van der Waals surface area contributed by atoms with Gasteiger partial charge in [-0.2, -0.15) is 0 Å². The number of carboxylic acid groups (broad SMARTS) is 1. The minimum absolute atomic E-state index is 0.0134. The summed E-state index contributed by atoms with van der Waals surface area (Å²) in [6.45, 7) is 1.94. The van der Waals surface area contributed by atoms with Gasteiger partial charge in [-0.3, -0.25) is 9.59 Å². The molecule has 2 aromatic rings. The van der Waals surface area contributed by atoms with E-state index in [-0.39, 0.29) is 37.4 Å². The Morgan fingerprint density at radius 2 is 1.74 bits per heavy atom. The van der Waals surface area contributed by atoms with Crippen LogP contribution in [-0.4, -0.2) is 66.4 Å². The molecule has 0 aromatic heterocycles. The first-order chi connectivity index (χ1) is 17.0. The van der Waals surface area contributed by atoms with E-state index in [9.17, 15) is 14.4 Å². The minimum atomic E-state index is -1.01. The molecule has 2 fully saturated rings. The molecular weight excluding hydrogens is 448 g/mol. The zero-order valence-corrected chi connectivity index (χ0v) is 19.5. The molecule has 2 heterocycles. The third-order valence-corrected chi connectivity index (χ3v) is 7.38. The number of piperidine rings is 1. The second-order valence-electron chi connectivity index (χ2n) is 9.49. The molecule has 2 aliphatic heterocycles. The quantitative estimate of drug-likeness (QED) is 0.632. The summed E-state index contributed by atoms with van der Waals surface area (Å²) in [5.41, 5.74) is 4.46. The summed E-state index contributed by atoms with van der Waals surface area (Å²) in [4.78, 5) is 38.9. The van der Waals surface area contributed by atoms with E-state index in [1.54, 1.807) is 4.90 Å². The Morgan fingerprint density at radius 1 is 1.06 bits per heavy atom. The van der Waals surface area contributed by atoms with Crippen LogP contribution in [0.5, 0.6) is 0 Å². The van der Waals surface area contributed by atoms with Crippen LogP contribution in [-0.2, 0) is 19.1 Å². The van der Waals surface area contributed by atoms with Gasteiger partial charge in [-0.05, 0) is 41.5 Å². The van der Waals surface area contributed by atoms with Crippen LogP contribution in [0, 0.1) is 5.92 Å². The Balaban J connectivity index is 1.24. The standard InChI is InChI=1S/C27H30N2O6/c30-25(31)10-9-23(26(32)29-13-11-24-17(15-29)12-14-34-24)28-27(33)35-16-22-20-7-3-1-5-18(20)19-6-2-4-8-21(19)22/h1-8,17,22-24H,9-16H2,(H,28,33)(H,30,31)/t17-,23?,24+/m1/s1. The summed E-state index contributed by atoms with van der Waals surface area (Å²) in [7, 11) is 0. The van der Waals surface area contributed by atoms with Crippen LogP contribution in [0.4, 0.5) is 4.79 Å². The van der Waals surface area contributed by atoms with Gasteiger partial charge in [0.15, 0.2) is 0 Å². The molecule has 184 valence electrons. The fourth-order valence-electron chi connectivity index (χ4n) is 5.61. The van der Waals surface area contributed by atoms with Crippen LogP contribution in [0.2, 0.25) is 0 Å². The molecule has 2 amide bonds. The highest BCUT2D eigenvalue weighted by Gasteiger charge is 2.38. The molecule has 2 saturated heterocycles. The zero-order chi connectivity index (χ0) is 24.4. The lowest BCUT2D eigenvalue weighted by Gasteiger charge is -2.36. The molecule has 8 heteroatoms. The van der Waals surface area contributed by atoms with Gasteiger partial charge in [0.2, 0.25) is 5.91 Å². The molecule has 1 unspecified atom stereocenters. The van der Waals surface area contributed by atoms with Gasteiger partial charge in [0.05, 0.1) is 6.10 Å². The number of fused-ring (bicyclic) bond motifs is 4. The molecule has 35 heavy (non-hydrogen) atoms. The number of carbonyl (C=O) groups excluding carboxylic acids is 2. The number of carboxylic acids is 1. The van der Waals surface area contributed by atoms with E-state index in [1.807, 2.05) is 36.4 Å². The predicted molar refractivity (Wildman–Crippen MR) is 128 cm³/mol. The Bertz CT molecular complexity index is 1070. The highest BCUT2D eigenvalue weighted by molar-refractivity contribution is 5.86. The van der Waals surface area contributed by atoms with Crippen molar-refractivity contribution < 1.29 is 29.0 Å². The molecule has 1 aliphatic carbocycles. The number of ether oxygens (including phenoxy) is 2. The van der Waals surface area contributed by atoms with Crippen molar-refractivity contribution in [2.75, 3.05) is 26.3 Å². The van der Waals surface area contributed by atoms with E-state index in [0.717, 1.165) is 35.1 Å². The molecule has 5 rings (SSSR count). The summed E-state index contributed by atoms with van der Waals surface area (Å²) >= 11 is 0. The molecule has 0 spiro atoms. The number of rotatable bonds is 7. The first kappa shape index (κ1) is 23.4. The van der Waals surface area contributed by atoms with Crippen molar-refractivity contribution >= 4 is 18.0 Å². The molecule has 0 bridgehead atoms. The Kier molecular flexibility index (Phi) is 6.72. The predicted octanol–water partition coefficient (Wildman–Crippen LogP) is 3.40. The van der Waals surface area contributed by atoms with Crippen molar-refractivity contribution in [3.63, 3.8) is 0 Å². The van der Waals surface area contributed by atoms with E-state index in [2.05, 4.69) is 17.4 Å². The lowest BCUT2D eigenvalue weighted by molar-refractivity contribution is -0.138. The van der Waals surface area contributed by atoms with Crippen molar-refractivity contribution in [3.05, 3.63) is 59.7 Å². The molecule has 0 radical (unpaired) electrons. The monoisotopic (exact) mass is 478 g/mol. The number of amides is 2. The average molecular weight is 479 g/mol. The summed E-state index contributed by atoms with van der Waals surface area (Å²) in [6.07, 6.45) is 0.935. The largest absolute Gasteiger partial charge is 0.481 e. The Morgan fingerprint density at radius 3 is 2.43 bits per heavy atom. The number of hydrogen-bond donors (Lipinski definition) is 2. The summed E-state index contributed by atoms with van der Waals surface area (Å²) in [5.74, 6) is -1.07. The molecule has 3 aliphatic rings. The van der Waals surface area contributed by atoms with Gasteiger partial charge < -0.3 is 24.8 Å². The summed E-state index contributed by atoms with van der Waals surface area (Å²) < 4.78 is 11.3. The van der Waals surface area contributed by atoms with Crippen molar-refractivity contribution in [2.45, 2.75) is 43.7 Å².